The molecule has 0 unspecified atom stereocenters. The van der Waals surface area contributed by atoms with Crippen LogP contribution in [0.3, 0.4) is 0 Å². The third-order valence-electron chi connectivity index (χ3n) is 2.65. The highest BCUT2D eigenvalue weighted by Gasteiger charge is 2.01. The van der Waals surface area contributed by atoms with Crippen LogP contribution in [0.15, 0.2) is 36.4 Å². The van der Waals surface area contributed by atoms with Crippen LogP contribution in [0, 0.1) is 0 Å². The fourth-order valence-corrected chi connectivity index (χ4v) is 1.89. The summed E-state index contributed by atoms with van der Waals surface area (Å²) in [6.07, 6.45) is 1.80. The van der Waals surface area contributed by atoms with E-state index in [-0.39, 0.29) is 0 Å². The first-order valence-corrected chi connectivity index (χ1v) is 6.47. The van der Waals surface area contributed by atoms with Crippen LogP contribution in [-0.2, 0) is 12.8 Å². The predicted molar refractivity (Wildman–Crippen MR) is 75.1 cm³/mol. The highest BCUT2D eigenvalue weighted by molar-refractivity contribution is 6.29. The third kappa shape index (κ3) is 3.70. The molecule has 0 saturated carbocycles. The summed E-state index contributed by atoms with van der Waals surface area (Å²) in [4.78, 5) is 8.53. The Morgan fingerprint density at radius 2 is 1.94 bits per heavy atom. The summed E-state index contributed by atoms with van der Waals surface area (Å²) < 4.78 is 0. The molecule has 0 fully saturated rings. The molecule has 1 heterocycles. The molecule has 18 heavy (non-hydrogen) atoms. The molecule has 0 aliphatic heterocycles. The summed E-state index contributed by atoms with van der Waals surface area (Å²) in [7, 11) is 0. The molecule has 0 radical (unpaired) electrons. The van der Waals surface area contributed by atoms with Crippen molar-refractivity contribution in [3.05, 3.63) is 52.8 Å². The SMILES string of the molecule is CCc1cc(Cl)nc(NCCc2ccccc2)n1. The maximum absolute atomic E-state index is 5.93. The molecule has 2 aromatic rings. The van der Waals surface area contributed by atoms with Crippen molar-refractivity contribution in [1.29, 1.82) is 0 Å². The molecule has 0 spiro atoms. The Morgan fingerprint density at radius 1 is 1.17 bits per heavy atom. The van der Waals surface area contributed by atoms with Crippen LogP contribution in [0.5, 0.6) is 0 Å². The summed E-state index contributed by atoms with van der Waals surface area (Å²) in [5.41, 5.74) is 2.25. The second-order valence-corrected chi connectivity index (χ2v) is 4.41. The van der Waals surface area contributed by atoms with Gasteiger partial charge in [-0.3, -0.25) is 0 Å². The van der Waals surface area contributed by atoms with E-state index in [2.05, 4.69) is 27.4 Å². The van der Waals surface area contributed by atoms with E-state index in [4.69, 9.17) is 11.6 Å². The molecule has 0 bridgehead atoms. The Bertz CT molecular complexity index is 500. The highest BCUT2D eigenvalue weighted by atomic mass is 35.5. The number of hydrogen-bond acceptors (Lipinski definition) is 3. The number of halogens is 1. The second kappa shape index (κ2) is 6.36. The van der Waals surface area contributed by atoms with E-state index in [9.17, 15) is 0 Å². The van der Waals surface area contributed by atoms with Crippen molar-refractivity contribution in [2.75, 3.05) is 11.9 Å². The minimum absolute atomic E-state index is 0.490. The summed E-state index contributed by atoms with van der Waals surface area (Å²) in [6, 6.07) is 12.1. The van der Waals surface area contributed by atoms with E-state index >= 15 is 0 Å². The lowest BCUT2D eigenvalue weighted by molar-refractivity contribution is 0.951. The summed E-state index contributed by atoms with van der Waals surface area (Å²) in [5.74, 6) is 0.607. The molecule has 0 atom stereocenters. The normalized spacial score (nSPS) is 10.3. The molecule has 1 aromatic carbocycles. The highest BCUT2D eigenvalue weighted by Crippen LogP contribution is 2.11. The number of benzene rings is 1. The quantitative estimate of drug-likeness (QED) is 0.839. The van der Waals surface area contributed by atoms with Gasteiger partial charge in [-0.05, 0) is 24.5 Å². The summed E-state index contributed by atoms with van der Waals surface area (Å²) in [6.45, 7) is 2.85. The molecular formula is C14H16ClN3. The van der Waals surface area contributed by atoms with Crippen molar-refractivity contribution in [3.63, 3.8) is 0 Å². The van der Waals surface area contributed by atoms with Gasteiger partial charge in [0.15, 0.2) is 0 Å². The van der Waals surface area contributed by atoms with Crippen LogP contribution in [0.4, 0.5) is 5.95 Å². The van der Waals surface area contributed by atoms with Crippen LogP contribution in [0.1, 0.15) is 18.2 Å². The third-order valence-corrected chi connectivity index (χ3v) is 2.84. The number of anilines is 1. The van der Waals surface area contributed by atoms with Gasteiger partial charge in [0.05, 0.1) is 0 Å². The molecule has 0 saturated heterocycles. The molecule has 1 N–H and O–H groups in total. The topological polar surface area (TPSA) is 37.8 Å². The van der Waals surface area contributed by atoms with Gasteiger partial charge in [-0.15, -0.1) is 0 Å². The molecule has 3 nitrogen and oxygen atoms in total. The van der Waals surface area contributed by atoms with E-state index in [1.165, 1.54) is 5.56 Å². The zero-order valence-electron chi connectivity index (χ0n) is 10.4. The van der Waals surface area contributed by atoms with Crippen LogP contribution in [0.2, 0.25) is 5.15 Å². The van der Waals surface area contributed by atoms with Crippen LogP contribution in [0.25, 0.3) is 0 Å². The Labute approximate surface area is 112 Å². The van der Waals surface area contributed by atoms with Crippen molar-refractivity contribution in [1.82, 2.24) is 9.97 Å². The number of hydrogen-bond donors (Lipinski definition) is 1. The van der Waals surface area contributed by atoms with Gasteiger partial charge in [0, 0.05) is 12.2 Å². The fourth-order valence-electron chi connectivity index (χ4n) is 1.69. The van der Waals surface area contributed by atoms with Gasteiger partial charge in [-0.25, -0.2) is 9.97 Å². The summed E-state index contributed by atoms with van der Waals surface area (Å²) in [5, 5.41) is 3.69. The molecule has 94 valence electrons. The smallest absolute Gasteiger partial charge is 0.224 e. The predicted octanol–water partition coefficient (Wildman–Crippen LogP) is 3.35. The van der Waals surface area contributed by atoms with E-state index in [0.29, 0.717) is 11.1 Å². The van der Waals surface area contributed by atoms with Crippen molar-refractivity contribution in [2.24, 2.45) is 0 Å². The van der Waals surface area contributed by atoms with Crippen molar-refractivity contribution < 1.29 is 0 Å². The first kappa shape index (κ1) is 12.8. The van der Waals surface area contributed by atoms with Gasteiger partial charge in [0.25, 0.3) is 0 Å². The van der Waals surface area contributed by atoms with Crippen molar-refractivity contribution in [3.8, 4) is 0 Å². The summed E-state index contributed by atoms with van der Waals surface area (Å²) >= 11 is 5.93. The van der Waals surface area contributed by atoms with E-state index in [0.717, 1.165) is 25.1 Å². The van der Waals surface area contributed by atoms with E-state index in [1.807, 2.05) is 25.1 Å². The lowest BCUT2D eigenvalue weighted by Gasteiger charge is -2.06. The zero-order chi connectivity index (χ0) is 12.8. The van der Waals surface area contributed by atoms with Gasteiger partial charge in [-0.1, -0.05) is 48.9 Å². The minimum atomic E-state index is 0.490. The van der Waals surface area contributed by atoms with Gasteiger partial charge in [0.2, 0.25) is 5.95 Å². The molecule has 0 aliphatic rings. The molecular weight excluding hydrogens is 246 g/mol. The number of rotatable bonds is 5. The van der Waals surface area contributed by atoms with E-state index < -0.39 is 0 Å². The monoisotopic (exact) mass is 261 g/mol. The van der Waals surface area contributed by atoms with Gasteiger partial charge < -0.3 is 5.32 Å². The molecule has 1 aromatic heterocycles. The number of aromatic nitrogens is 2. The van der Waals surface area contributed by atoms with Gasteiger partial charge in [0.1, 0.15) is 5.15 Å². The van der Waals surface area contributed by atoms with Crippen molar-refractivity contribution in [2.45, 2.75) is 19.8 Å². The first-order valence-electron chi connectivity index (χ1n) is 6.09. The largest absolute Gasteiger partial charge is 0.354 e. The number of nitrogens with one attached hydrogen (secondary N) is 1. The van der Waals surface area contributed by atoms with Crippen LogP contribution in [-0.4, -0.2) is 16.5 Å². The maximum atomic E-state index is 5.93. The molecule has 2 rings (SSSR count). The second-order valence-electron chi connectivity index (χ2n) is 4.02. The van der Waals surface area contributed by atoms with Crippen LogP contribution >= 0.6 is 11.6 Å². The lowest BCUT2D eigenvalue weighted by atomic mass is 10.1. The van der Waals surface area contributed by atoms with Crippen molar-refractivity contribution >= 4 is 17.5 Å². The average Bonchev–Trinajstić information content (AvgIpc) is 2.39. The van der Waals surface area contributed by atoms with E-state index in [1.54, 1.807) is 6.07 Å². The van der Waals surface area contributed by atoms with Gasteiger partial charge in [-0.2, -0.15) is 0 Å². The minimum Gasteiger partial charge on any atom is -0.354 e. The fraction of sp³-hybridized carbons (Fsp3) is 0.286. The molecule has 0 amide bonds. The Hall–Kier alpha value is -1.61. The average molecular weight is 262 g/mol. The number of nitrogens with zero attached hydrogens (tertiary/aromatic N) is 2. The Balaban J connectivity index is 1.92. The number of aryl methyl sites for hydroxylation is 1. The first-order chi connectivity index (χ1) is 8.78. The molecule has 0 aliphatic carbocycles. The Morgan fingerprint density at radius 3 is 2.67 bits per heavy atom. The van der Waals surface area contributed by atoms with Gasteiger partial charge >= 0.3 is 0 Å². The molecule has 4 heteroatoms. The standard InChI is InChI=1S/C14H16ClN3/c1-2-12-10-13(15)18-14(17-12)16-9-8-11-6-4-3-5-7-11/h3-7,10H,2,8-9H2,1H3,(H,16,17,18). The maximum Gasteiger partial charge on any atom is 0.224 e. The van der Waals surface area contributed by atoms with Crippen LogP contribution < -0.4 is 5.32 Å². The zero-order valence-corrected chi connectivity index (χ0v) is 11.1. The Kier molecular flexibility index (Phi) is 4.53. The lowest BCUT2D eigenvalue weighted by Crippen LogP contribution is -2.09.